The summed E-state index contributed by atoms with van der Waals surface area (Å²) in [7, 11) is 1.95. The molecule has 0 spiro atoms. The first kappa shape index (κ1) is 19.7. The molecule has 1 fully saturated rings. The van der Waals surface area contributed by atoms with E-state index in [2.05, 4.69) is 32.7 Å². The molecule has 0 aliphatic carbocycles. The number of hydrogen-bond acceptors (Lipinski definition) is 5. The Balaban J connectivity index is 1.90. The first-order valence-corrected chi connectivity index (χ1v) is 9.13. The number of aryl methyl sites for hydroxylation is 1. The van der Waals surface area contributed by atoms with Gasteiger partial charge in [-0.25, -0.2) is 4.99 Å². The number of ether oxygens (including phenoxy) is 2. The maximum atomic E-state index is 5.84. The fourth-order valence-electron chi connectivity index (χ4n) is 2.69. The molecule has 0 saturated carbocycles. The first-order valence-electron chi connectivity index (χ1n) is 9.13. The quantitative estimate of drug-likeness (QED) is 0.394. The van der Waals surface area contributed by atoms with Gasteiger partial charge in [0.2, 0.25) is 0 Å². The zero-order chi connectivity index (χ0) is 18.1. The van der Waals surface area contributed by atoms with Crippen LogP contribution in [0.15, 0.2) is 4.99 Å². The summed E-state index contributed by atoms with van der Waals surface area (Å²) in [5, 5.41) is 15.0. The number of hydrogen-bond donors (Lipinski definition) is 2. The van der Waals surface area contributed by atoms with E-state index < -0.39 is 0 Å². The van der Waals surface area contributed by atoms with Gasteiger partial charge >= 0.3 is 0 Å². The van der Waals surface area contributed by atoms with Crippen LogP contribution in [0.2, 0.25) is 0 Å². The Morgan fingerprint density at radius 3 is 2.88 bits per heavy atom. The van der Waals surface area contributed by atoms with Crippen LogP contribution in [0.4, 0.5) is 0 Å². The molecule has 1 aromatic rings. The van der Waals surface area contributed by atoms with Gasteiger partial charge in [-0.1, -0.05) is 0 Å². The third-order valence-electron chi connectivity index (χ3n) is 4.45. The van der Waals surface area contributed by atoms with E-state index in [1.807, 2.05) is 25.5 Å². The van der Waals surface area contributed by atoms with Crippen molar-refractivity contribution < 1.29 is 9.47 Å². The standard InChI is InChI=1S/C17H32N6O2/c1-5-24-10-7-9-18-16(20-13-17(3)8-6-11-25-17)19-12-15-22-21-14(2)23(15)4/h5-13H2,1-4H3,(H2,18,19,20). The highest BCUT2D eigenvalue weighted by Gasteiger charge is 2.29. The van der Waals surface area contributed by atoms with Crippen molar-refractivity contribution in [1.82, 2.24) is 25.4 Å². The van der Waals surface area contributed by atoms with Gasteiger partial charge in [-0.15, -0.1) is 10.2 Å². The summed E-state index contributed by atoms with van der Waals surface area (Å²) >= 11 is 0. The van der Waals surface area contributed by atoms with Crippen LogP contribution in [0.3, 0.4) is 0 Å². The van der Waals surface area contributed by atoms with E-state index in [4.69, 9.17) is 9.47 Å². The largest absolute Gasteiger partial charge is 0.382 e. The topological polar surface area (TPSA) is 85.6 Å². The predicted octanol–water partition coefficient (Wildman–Crippen LogP) is 1.15. The number of aromatic nitrogens is 3. The van der Waals surface area contributed by atoms with Gasteiger partial charge in [0.15, 0.2) is 11.8 Å². The van der Waals surface area contributed by atoms with E-state index in [1.54, 1.807) is 0 Å². The molecule has 0 radical (unpaired) electrons. The summed E-state index contributed by atoms with van der Waals surface area (Å²) in [5.41, 5.74) is -0.116. The van der Waals surface area contributed by atoms with Crippen molar-refractivity contribution in [1.29, 1.82) is 0 Å². The van der Waals surface area contributed by atoms with Gasteiger partial charge in [-0.2, -0.15) is 0 Å². The van der Waals surface area contributed by atoms with Crippen LogP contribution in [0, 0.1) is 6.92 Å². The molecule has 2 heterocycles. The Labute approximate surface area is 150 Å². The Hall–Kier alpha value is -1.67. The Kier molecular flexibility index (Phi) is 7.64. The number of aliphatic imine (C=N–C) groups is 1. The molecule has 142 valence electrons. The SMILES string of the molecule is CCOCCCNC(=NCc1nnc(C)n1C)NCC1(C)CCCO1. The highest BCUT2D eigenvalue weighted by atomic mass is 16.5. The van der Waals surface area contributed by atoms with Gasteiger partial charge in [0.05, 0.1) is 5.60 Å². The normalized spacial score (nSPS) is 20.9. The molecule has 0 aromatic carbocycles. The molecule has 2 N–H and O–H groups in total. The average Bonchev–Trinajstić information content (AvgIpc) is 3.17. The molecule has 1 unspecified atom stereocenters. The van der Waals surface area contributed by atoms with Crippen LogP contribution < -0.4 is 10.6 Å². The maximum absolute atomic E-state index is 5.84. The molecule has 0 amide bonds. The minimum absolute atomic E-state index is 0.116. The molecule has 1 atom stereocenters. The van der Waals surface area contributed by atoms with Gasteiger partial charge in [-0.05, 0) is 40.0 Å². The molecule has 2 rings (SSSR count). The van der Waals surface area contributed by atoms with Crippen LogP contribution in [0.5, 0.6) is 0 Å². The summed E-state index contributed by atoms with van der Waals surface area (Å²) in [6.45, 7) is 10.5. The van der Waals surface area contributed by atoms with Crippen LogP contribution in [-0.4, -0.2) is 59.2 Å². The summed E-state index contributed by atoms with van der Waals surface area (Å²) < 4.78 is 13.2. The van der Waals surface area contributed by atoms with Crippen molar-refractivity contribution in [3.05, 3.63) is 11.6 Å². The van der Waals surface area contributed by atoms with Crippen LogP contribution in [-0.2, 0) is 23.1 Å². The second-order valence-corrected chi connectivity index (χ2v) is 6.62. The van der Waals surface area contributed by atoms with Crippen LogP contribution in [0.25, 0.3) is 0 Å². The molecule has 1 aliphatic heterocycles. The Bertz CT molecular complexity index is 551. The average molecular weight is 352 g/mol. The molecular weight excluding hydrogens is 320 g/mol. The maximum Gasteiger partial charge on any atom is 0.191 e. The fraction of sp³-hybridized carbons (Fsp3) is 0.824. The van der Waals surface area contributed by atoms with E-state index in [-0.39, 0.29) is 5.60 Å². The minimum atomic E-state index is -0.116. The van der Waals surface area contributed by atoms with Crippen LogP contribution >= 0.6 is 0 Å². The molecule has 8 nitrogen and oxygen atoms in total. The van der Waals surface area contributed by atoms with E-state index in [0.29, 0.717) is 6.54 Å². The molecule has 8 heteroatoms. The molecular formula is C17H32N6O2. The molecule has 1 aromatic heterocycles. The lowest BCUT2D eigenvalue weighted by Crippen LogP contribution is -2.46. The summed E-state index contributed by atoms with van der Waals surface area (Å²) in [4.78, 5) is 4.65. The third kappa shape index (κ3) is 6.28. The van der Waals surface area contributed by atoms with E-state index in [1.165, 1.54) is 0 Å². The highest BCUT2D eigenvalue weighted by molar-refractivity contribution is 5.79. The highest BCUT2D eigenvalue weighted by Crippen LogP contribution is 2.23. The van der Waals surface area contributed by atoms with Gasteiger partial charge in [0, 0.05) is 40.0 Å². The van der Waals surface area contributed by atoms with Crippen molar-refractivity contribution in [2.45, 2.75) is 52.2 Å². The lowest BCUT2D eigenvalue weighted by Gasteiger charge is -2.24. The first-order chi connectivity index (χ1) is 12.0. The number of guanidine groups is 1. The van der Waals surface area contributed by atoms with Gasteiger partial charge < -0.3 is 24.7 Å². The van der Waals surface area contributed by atoms with Crippen LogP contribution in [0.1, 0.15) is 44.8 Å². The zero-order valence-corrected chi connectivity index (χ0v) is 16.0. The predicted molar refractivity (Wildman–Crippen MR) is 97.6 cm³/mol. The van der Waals surface area contributed by atoms with Gasteiger partial charge in [-0.3, -0.25) is 0 Å². The summed E-state index contributed by atoms with van der Waals surface area (Å²) in [6, 6.07) is 0. The van der Waals surface area contributed by atoms with Crippen molar-refractivity contribution in [3.63, 3.8) is 0 Å². The van der Waals surface area contributed by atoms with E-state index in [0.717, 1.165) is 69.8 Å². The second kappa shape index (κ2) is 9.72. The lowest BCUT2D eigenvalue weighted by atomic mass is 10.0. The Morgan fingerprint density at radius 1 is 1.40 bits per heavy atom. The van der Waals surface area contributed by atoms with E-state index >= 15 is 0 Å². The number of rotatable bonds is 9. The monoisotopic (exact) mass is 352 g/mol. The number of nitrogens with zero attached hydrogens (tertiary/aromatic N) is 4. The number of nitrogens with one attached hydrogen (secondary N) is 2. The summed E-state index contributed by atoms with van der Waals surface area (Å²) in [5.74, 6) is 2.50. The van der Waals surface area contributed by atoms with Gasteiger partial charge in [0.25, 0.3) is 0 Å². The minimum Gasteiger partial charge on any atom is -0.382 e. The summed E-state index contributed by atoms with van der Waals surface area (Å²) in [6.07, 6.45) is 3.12. The van der Waals surface area contributed by atoms with Crippen molar-refractivity contribution in [2.75, 3.05) is 32.9 Å². The van der Waals surface area contributed by atoms with E-state index in [9.17, 15) is 0 Å². The molecule has 25 heavy (non-hydrogen) atoms. The fourth-order valence-corrected chi connectivity index (χ4v) is 2.69. The zero-order valence-electron chi connectivity index (χ0n) is 16.0. The van der Waals surface area contributed by atoms with Gasteiger partial charge in [0.1, 0.15) is 12.4 Å². The Morgan fingerprint density at radius 2 is 2.24 bits per heavy atom. The molecule has 1 saturated heterocycles. The van der Waals surface area contributed by atoms with Crippen molar-refractivity contribution >= 4 is 5.96 Å². The van der Waals surface area contributed by atoms with Crippen molar-refractivity contribution in [3.8, 4) is 0 Å². The molecule has 0 bridgehead atoms. The second-order valence-electron chi connectivity index (χ2n) is 6.62. The smallest absolute Gasteiger partial charge is 0.191 e. The lowest BCUT2D eigenvalue weighted by molar-refractivity contribution is 0.0242. The van der Waals surface area contributed by atoms with Crippen molar-refractivity contribution in [2.24, 2.45) is 12.0 Å². The third-order valence-corrected chi connectivity index (χ3v) is 4.45. The molecule has 1 aliphatic rings.